The second kappa shape index (κ2) is 6.51. The highest BCUT2D eigenvalue weighted by Crippen LogP contribution is 2.32. The first-order valence-electron chi connectivity index (χ1n) is 5.70. The Balaban J connectivity index is 2.17. The number of thiocarbonyl (C=S) groups is 1. The van der Waals surface area contributed by atoms with Gasteiger partial charge in [-0.1, -0.05) is 52.0 Å². The fourth-order valence-corrected chi connectivity index (χ4v) is 3.37. The van der Waals surface area contributed by atoms with Gasteiger partial charge in [0.25, 0.3) is 5.91 Å². The normalized spacial score (nSPS) is 17.1. The molecule has 1 saturated heterocycles. The Hall–Kier alpha value is -1.18. The lowest BCUT2D eigenvalue weighted by atomic mass is 10.2. The first-order valence-corrected chi connectivity index (χ1v) is 7.72. The van der Waals surface area contributed by atoms with Gasteiger partial charge in [0, 0.05) is 11.0 Å². The number of carboxylic acid groups (broad SMARTS) is 1. The van der Waals surface area contributed by atoms with Crippen LogP contribution in [0.2, 0.25) is 0 Å². The summed E-state index contributed by atoms with van der Waals surface area (Å²) >= 11 is 9.68. The average Bonchev–Trinajstić information content (AvgIpc) is 2.62. The number of thioether (sulfide) groups is 1. The van der Waals surface area contributed by atoms with Crippen molar-refractivity contribution < 1.29 is 14.7 Å². The number of rotatable bonds is 4. The van der Waals surface area contributed by atoms with E-state index in [1.807, 2.05) is 24.3 Å². The standard InChI is InChI=1S/C13H10BrNO3S2/c14-9-3-1-2-8(6-9)7-10-12(18)15(13(19)20-10)5-4-11(16)17/h1-3,6-7H,4-5H2,(H,16,17)/b10-7-. The molecule has 1 aliphatic rings. The van der Waals surface area contributed by atoms with Gasteiger partial charge in [-0.3, -0.25) is 14.5 Å². The lowest BCUT2D eigenvalue weighted by Crippen LogP contribution is -2.30. The quantitative estimate of drug-likeness (QED) is 0.650. The summed E-state index contributed by atoms with van der Waals surface area (Å²) < 4.78 is 1.32. The van der Waals surface area contributed by atoms with Crippen molar-refractivity contribution in [1.82, 2.24) is 4.90 Å². The fourth-order valence-electron chi connectivity index (χ4n) is 1.65. The van der Waals surface area contributed by atoms with Crippen LogP contribution in [0.15, 0.2) is 33.6 Å². The number of aliphatic carboxylic acids is 1. The van der Waals surface area contributed by atoms with E-state index in [4.69, 9.17) is 17.3 Å². The lowest BCUT2D eigenvalue weighted by Gasteiger charge is -2.12. The summed E-state index contributed by atoms with van der Waals surface area (Å²) in [6.07, 6.45) is 1.64. The zero-order chi connectivity index (χ0) is 14.7. The third-order valence-corrected chi connectivity index (χ3v) is 4.44. The number of benzene rings is 1. The van der Waals surface area contributed by atoms with Gasteiger partial charge in [-0.25, -0.2) is 0 Å². The van der Waals surface area contributed by atoms with E-state index < -0.39 is 5.97 Å². The molecule has 0 aliphatic carbocycles. The van der Waals surface area contributed by atoms with Gasteiger partial charge in [-0.2, -0.15) is 0 Å². The van der Waals surface area contributed by atoms with Crippen molar-refractivity contribution in [3.63, 3.8) is 0 Å². The Bertz CT molecular complexity index is 615. The highest BCUT2D eigenvalue weighted by molar-refractivity contribution is 9.10. The highest BCUT2D eigenvalue weighted by Gasteiger charge is 2.31. The maximum atomic E-state index is 12.2. The largest absolute Gasteiger partial charge is 0.481 e. The van der Waals surface area contributed by atoms with E-state index in [9.17, 15) is 9.59 Å². The molecule has 4 nitrogen and oxygen atoms in total. The number of carboxylic acids is 1. The molecule has 20 heavy (non-hydrogen) atoms. The minimum atomic E-state index is -0.949. The van der Waals surface area contributed by atoms with Gasteiger partial charge < -0.3 is 5.11 Å². The van der Waals surface area contributed by atoms with Gasteiger partial charge in [0.15, 0.2) is 0 Å². The number of hydrogen-bond donors (Lipinski definition) is 1. The van der Waals surface area contributed by atoms with E-state index >= 15 is 0 Å². The summed E-state index contributed by atoms with van der Waals surface area (Å²) in [6.45, 7) is 0.107. The van der Waals surface area contributed by atoms with E-state index in [0.717, 1.165) is 10.0 Å². The van der Waals surface area contributed by atoms with E-state index in [1.54, 1.807) is 6.08 Å². The maximum absolute atomic E-state index is 12.2. The van der Waals surface area contributed by atoms with Gasteiger partial charge >= 0.3 is 5.97 Å². The smallest absolute Gasteiger partial charge is 0.305 e. The lowest BCUT2D eigenvalue weighted by molar-refractivity contribution is -0.137. The molecule has 0 bridgehead atoms. The molecule has 1 aromatic carbocycles. The first-order chi connectivity index (χ1) is 9.47. The summed E-state index contributed by atoms with van der Waals surface area (Å²) in [5, 5.41) is 8.67. The van der Waals surface area contributed by atoms with Crippen molar-refractivity contribution in [2.45, 2.75) is 6.42 Å². The topological polar surface area (TPSA) is 57.6 Å². The highest BCUT2D eigenvalue weighted by atomic mass is 79.9. The molecule has 1 aliphatic heterocycles. The van der Waals surface area contributed by atoms with Gasteiger partial charge in [0.1, 0.15) is 4.32 Å². The number of halogens is 1. The molecule has 104 valence electrons. The second-order valence-corrected chi connectivity index (χ2v) is 6.62. The summed E-state index contributed by atoms with van der Waals surface area (Å²) in [5.74, 6) is -1.18. The van der Waals surface area contributed by atoms with E-state index in [-0.39, 0.29) is 18.9 Å². The molecule has 0 saturated carbocycles. The Labute approximate surface area is 134 Å². The minimum Gasteiger partial charge on any atom is -0.481 e. The predicted octanol–water partition coefficient (Wildman–Crippen LogP) is 3.13. The Kier molecular flexibility index (Phi) is 4.95. The fraction of sp³-hybridized carbons (Fsp3) is 0.154. The molecule has 1 fully saturated rings. The van der Waals surface area contributed by atoms with Crippen molar-refractivity contribution in [3.8, 4) is 0 Å². The van der Waals surface area contributed by atoms with E-state index in [0.29, 0.717) is 9.23 Å². The molecule has 0 radical (unpaired) electrons. The third-order valence-electron chi connectivity index (χ3n) is 2.57. The molecule has 1 amide bonds. The van der Waals surface area contributed by atoms with Crippen molar-refractivity contribution >= 4 is 62.2 Å². The van der Waals surface area contributed by atoms with Crippen molar-refractivity contribution in [3.05, 3.63) is 39.2 Å². The van der Waals surface area contributed by atoms with Crippen LogP contribution in [0.1, 0.15) is 12.0 Å². The second-order valence-electron chi connectivity index (χ2n) is 4.03. The minimum absolute atomic E-state index is 0.107. The Morgan fingerprint density at radius 3 is 2.90 bits per heavy atom. The van der Waals surface area contributed by atoms with Crippen LogP contribution >= 0.6 is 39.9 Å². The van der Waals surface area contributed by atoms with Crippen molar-refractivity contribution in [2.75, 3.05) is 6.54 Å². The molecule has 2 rings (SSSR count). The molecular formula is C13H10BrNO3S2. The van der Waals surface area contributed by atoms with Crippen LogP contribution < -0.4 is 0 Å². The molecule has 1 aromatic rings. The van der Waals surface area contributed by atoms with Gasteiger partial charge in [-0.15, -0.1) is 0 Å². The summed E-state index contributed by atoms with van der Waals surface area (Å²) in [4.78, 5) is 24.6. The molecule has 1 N–H and O–H groups in total. The van der Waals surface area contributed by atoms with Crippen LogP contribution in [-0.2, 0) is 9.59 Å². The number of carbonyl (C=O) groups is 2. The molecule has 0 aromatic heterocycles. The van der Waals surface area contributed by atoms with Crippen LogP contribution in [0.5, 0.6) is 0 Å². The number of carbonyl (C=O) groups excluding carboxylic acids is 1. The number of amides is 1. The molecule has 1 heterocycles. The molecule has 7 heteroatoms. The Morgan fingerprint density at radius 2 is 2.25 bits per heavy atom. The zero-order valence-corrected chi connectivity index (χ0v) is 13.4. The summed E-state index contributed by atoms with van der Waals surface area (Å²) in [7, 11) is 0. The van der Waals surface area contributed by atoms with E-state index in [1.165, 1.54) is 16.7 Å². The van der Waals surface area contributed by atoms with Crippen LogP contribution in [0.25, 0.3) is 6.08 Å². The van der Waals surface area contributed by atoms with Gasteiger partial charge in [0.2, 0.25) is 0 Å². The number of hydrogen-bond acceptors (Lipinski definition) is 4. The SMILES string of the molecule is O=C(O)CCN1C(=O)/C(=C/c2cccc(Br)c2)SC1=S. The maximum Gasteiger partial charge on any atom is 0.305 e. The zero-order valence-electron chi connectivity index (χ0n) is 10.2. The first kappa shape index (κ1) is 15.2. The molecule has 0 unspecified atom stereocenters. The summed E-state index contributed by atoms with van der Waals surface area (Å²) in [6, 6.07) is 7.55. The number of nitrogens with zero attached hydrogens (tertiary/aromatic N) is 1. The van der Waals surface area contributed by atoms with Crippen molar-refractivity contribution in [2.24, 2.45) is 0 Å². The Morgan fingerprint density at radius 1 is 1.50 bits per heavy atom. The van der Waals surface area contributed by atoms with Crippen LogP contribution in [0.3, 0.4) is 0 Å². The van der Waals surface area contributed by atoms with Gasteiger partial charge in [-0.05, 0) is 23.8 Å². The third kappa shape index (κ3) is 3.68. The molecule has 0 atom stereocenters. The van der Waals surface area contributed by atoms with Crippen LogP contribution in [-0.4, -0.2) is 32.7 Å². The molecule has 0 spiro atoms. The van der Waals surface area contributed by atoms with Crippen LogP contribution in [0, 0.1) is 0 Å². The molecular weight excluding hydrogens is 362 g/mol. The van der Waals surface area contributed by atoms with Crippen molar-refractivity contribution in [1.29, 1.82) is 0 Å². The predicted molar refractivity (Wildman–Crippen MR) is 86.3 cm³/mol. The van der Waals surface area contributed by atoms with E-state index in [2.05, 4.69) is 15.9 Å². The monoisotopic (exact) mass is 371 g/mol. The summed E-state index contributed by atoms with van der Waals surface area (Å²) in [5.41, 5.74) is 0.887. The van der Waals surface area contributed by atoms with Gasteiger partial charge in [0.05, 0.1) is 11.3 Å². The average molecular weight is 372 g/mol. The van der Waals surface area contributed by atoms with Crippen LogP contribution in [0.4, 0.5) is 0 Å².